The van der Waals surface area contributed by atoms with E-state index in [1.807, 2.05) is 0 Å². The molecule has 0 aromatic carbocycles. The first kappa shape index (κ1) is 13.5. The van der Waals surface area contributed by atoms with Gasteiger partial charge in [0, 0.05) is 0 Å². The molecule has 0 saturated heterocycles. The lowest BCUT2D eigenvalue weighted by Crippen LogP contribution is -2.48. The van der Waals surface area contributed by atoms with Crippen molar-refractivity contribution in [3.05, 3.63) is 12.7 Å². The van der Waals surface area contributed by atoms with Crippen LogP contribution in [-0.4, -0.2) is 28.2 Å². The minimum absolute atomic E-state index is 0.00884. The average Bonchev–Trinajstić information content (AvgIpc) is 2.04. The van der Waals surface area contributed by atoms with Crippen molar-refractivity contribution < 1.29 is 30.8 Å². The third kappa shape index (κ3) is 3.02. The summed E-state index contributed by atoms with van der Waals surface area (Å²) < 4.78 is 75.4. The molecule has 0 aliphatic carbocycles. The van der Waals surface area contributed by atoms with Crippen molar-refractivity contribution in [3.63, 3.8) is 0 Å². The molecule has 0 aromatic heterocycles. The van der Waals surface area contributed by atoms with Crippen molar-refractivity contribution in [1.82, 2.24) is 0 Å². The van der Waals surface area contributed by atoms with E-state index in [4.69, 9.17) is 0 Å². The Kier molecular flexibility index (Phi) is 4.65. The van der Waals surface area contributed by atoms with Crippen LogP contribution in [0.5, 0.6) is 0 Å². The summed E-state index contributed by atoms with van der Waals surface area (Å²) in [7, 11) is -1.99. The Labute approximate surface area is 78.7 Å². The minimum atomic E-state index is -5.44. The third-order valence-corrected chi connectivity index (χ3v) is 2.48. The van der Waals surface area contributed by atoms with E-state index in [0.29, 0.717) is 0 Å². The maximum atomic E-state index is 12.3. The Hall–Kier alpha value is -0.503. The molecule has 0 rings (SSSR count). The number of rotatable bonds is 6. The molecule has 0 aromatic rings. The van der Waals surface area contributed by atoms with Gasteiger partial charge in [0.05, 0.1) is 0 Å². The van der Waals surface area contributed by atoms with Crippen LogP contribution in [0.15, 0.2) is 12.7 Å². The van der Waals surface area contributed by atoms with E-state index >= 15 is 0 Å². The molecule has 0 atom stereocenters. The van der Waals surface area contributed by atoms with Gasteiger partial charge in [-0.2, -0.15) is 17.6 Å². The van der Waals surface area contributed by atoms with Gasteiger partial charge >= 0.3 is 18.5 Å². The van der Waals surface area contributed by atoms with E-state index < -0.39 is 28.2 Å². The molecule has 14 heavy (non-hydrogen) atoms. The van der Waals surface area contributed by atoms with Crippen molar-refractivity contribution in [2.75, 3.05) is 0 Å². The van der Waals surface area contributed by atoms with Crippen LogP contribution in [0.1, 0.15) is 0 Å². The highest BCUT2D eigenvalue weighted by Crippen LogP contribution is 2.39. The summed E-state index contributed by atoms with van der Waals surface area (Å²) in [4.78, 5) is 0. The molecule has 0 heterocycles. The Morgan fingerprint density at radius 2 is 1.79 bits per heavy atom. The van der Waals surface area contributed by atoms with Crippen LogP contribution in [0, 0.1) is 0 Å². The molecule has 8 heteroatoms. The lowest BCUT2D eigenvalue weighted by molar-refractivity contribution is -0.343. The summed E-state index contributed by atoms with van der Waals surface area (Å²) in [6.45, 7) is 3.15. The van der Waals surface area contributed by atoms with Crippen molar-refractivity contribution in [3.8, 4) is 0 Å². The third-order valence-electron chi connectivity index (χ3n) is 1.27. The topological polar surface area (TPSA) is 9.23 Å². The van der Waals surface area contributed by atoms with Crippen molar-refractivity contribution in [2.24, 2.45) is 0 Å². The highest BCUT2D eigenvalue weighted by Gasteiger charge is 2.64. The Balaban J connectivity index is 4.35. The van der Waals surface area contributed by atoms with E-state index in [-0.39, 0.29) is 6.04 Å². The van der Waals surface area contributed by atoms with Gasteiger partial charge in [0.1, 0.15) is 0 Å². The Bertz CT molecular complexity index is 195. The Morgan fingerprint density at radius 3 is 2.14 bits per heavy atom. The van der Waals surface area contributed by atoms with Gasteiger partial charge in [-0.15, -0.1) is 6.58 Å². The second-order valence-electron chi connectivity index (χ2n) is 2.37. The maximum absolute atomic E-state index is 12.3. The molecule has 0 unspecified atom stereocenters. The first-order valence-corrected chi connectivity index (χ1v) is 5.12. The van der Waals surface area contributed by atoms with Gasteiger partial charge in [0.15, 0.2) is 9.76 Å². The normalized spacial score (nSPS) is 14.2. The van der Waals surface area contributed by atoms with Gasteiger partial charge < -0.3 is 4.43 Å². The molecule has 1 nitrogen and oxygen atoms in total. The summed E-state index contributed by atoms with van der Waals surface area (Å²) in [5, 5.41) is 0. The molecule has 0 fully saturated rings. The molecule has 0 saturated carbocycles. The SMILES string of the molecule is C=CC[SiH2]OC(F)(F)C(F)(F)C(F)F. The summed E-state index contributed by atoms with van der Waals surface area (Å²) in [6.07, 6.45) is -8.35. The van der Waals surface area contributed by atoms with Gasteiger partial charge in [-0.3, -0.25) is 0 Å². The highest BCUT2D eigenvalue weighted by atomic mass is 28.2. The zero-order valence-electron chi connectivity index (χ0n) is 6.95. The zero-order chi connectivity index (χ0) is 11.4. The Morgan fingerprint density at radius 1 is 1.29 bits per heavy atom. The smallest absolute Gasteiger partial charge is 0.364 e. The van der Waals surface area contributed by atoms with E-state index in [9.17, 15) is 26.3 Å². The summed E-state index contributed by atoms with van der Waals surface area (Å²) in [5.74, 6) is -5.44. The van der Waals surface area contributed by atoms with E-state index in [1.54, 1.807) is 0 Å². The van der Waals surface area contributed by atoms with Crippen LogP contribution in [0.4, 0.5) is 26.3 Å². The largest absolute Gasteiger partial charge is 0.415 e. The monoisotopic (exact) mass is 238 g/mol. The van der Waals surface area contributed by atoms with E-state index in [1.165, 1.54) is 6.08 Å². The van der Waals surface area contributed by atoms with Gasteiger partial charge in [0.2, 0.25) is 0 Å². The quantitative estimate of drug-likeness (QED) is 0.298. The van der Waals surface area contributed by atoms with Gasteiger partial charge in [0.25, 0.3) is 0 Å². The molecular formula is C6H8F6OSi. The second-order valence-corrected chi connectivity index (χ2v) is 3.64. The zero-order valence-corrected chi connectivity index (χ0v) is 8.37. The summed E-state index contributed by atoms with van der Waals surface area (Å²) >= 11 is 0. The summed E-state index contributed by atoms with van der Waals surface area (Å²) in [6, 6.07) is 0.00884. The molecule has 0 radical (unpaired) electrons. The molecule has 0 aliphatic rings. The van der Waals surface area contributed by atoms with Crippen LogP contribution < -0.4 is 0 Å². The fourth-order valence-corrected chi connectivity index (χ4v) is 1.23. The maximum Gasteiger partial charge on any atom is 0.415 e. The number of alkyl halides is 6. The van der Waals surface area contributed by atoms with Gasteiger partial charge in [-0.05, 0) is 6.04 Å². The van der Waals surface area contributed by atoms with E-state index in [0.717, 1.165) is 0 Å². The first-order valence-electron chi connectivity index (χ1n) is 3.54. The number of hydrogen-bond donors (Lipinski definition) is 0. The number of allylic oxidation sites excluding steroid dienone is 1. The summed E-state index contributed by atoms with van der Waals surface area (Å²) in [5.41, 5.74) is 0. The average molecular weight is 238 g/mol. The van der Waals surface area contributed by atoms with E-state index in [2.05, 4.69) is 11.0 Å². The molecule has 0 bridgehead atoms. The fourth-order valence-electron chi connectivity index (χ4n) is 0.494. The second kappa shape index (κ2) is 4.83. The lowest BCUT2D eigenvalue weighted by atomic mass is 10.3. The van der Waals surface area contributed by atoms with Crippen LogP contribution in [0.25, 0.3) is 0 Å². The first-order chi connectivity index (χ1) is 6.25. The van der Waals surface area contributed by atoms with Crippen LogP contribution >= 0.6 is 0 Å². The van der Waals surface area contributed by atoms with Crippen LogP contribution in [0.3, 0.4) is 0 Å². The van der Waals surface area contributed by atoms with Crippen molar-refractivity contribution in [2.45, 2.75) is 24.5 Å². The lowest BCUT2D eigenvalue weighted by Gasteiger charge is -2.25. The van der Waals surface area contributed by atoms with Gasteiger partial charge in [-0.1, -0.05) is 6.08 Å². The minimum Gasteiger partial charge on any atom is -0.364 e. The molecule has 0 N–H and O–H groups in total. The molecular weight excluding hydrogens is 230 g/mol. The predicted molar refractivity (Wildman–Crippen MR) is 40.5 cm³/mol. The standard InChI is InChI=1S/C6H8F6OSi/c1-2-3-14-13-6(11,12)5(9,10)4(7)8/h2,4H,1,3,14H2. The molecule has 0 amide bonds. The number of hydrogen-bond acceptors (Lipinski definition) is 1. The van der Waals surface area contributed by atoms with Gasteiger partial charge in [-0.25, -0.2) is 8.78 Å². The molecule has 0 aliphatic heterocycles. The van der Waals surface area contributed by atoms with Crippen LogP contribution in [-0.2, 0) is 4.43 Å². The van der Waals surface area contributed by atoms with Crippen molar-refractivity contribution in [1.29, 1.82) is 0 Å². The van der Waals surface area contributed by atoms with Crippen LogP contribution in [0.2, 0.25) is 6.04 Å². The number of halogens is 6. The molecule has 84 valence electrons. The highest BCUT2D eigenvalue weighted by molar-refractivity contribution is 6.27. The van der Waals surface area contributed by atoms with Crippen molar-refractivity contribution >= 4 is 9.76 Å². The fraction of sp³-hybridized carbons (Fsp3) is 0.667. The molecule has 0 spiro atoms. The predicted octanol–water partition coefficient (Wildman–Crippen LogP) is 2.18.